The van der Waals surface area contributed by atoms with Gasteiger partial charge in [0, 0.05) is 27.3 Å². The molecule has 0 aromatic heterocycles. The Morgan fingerprint density at radius 2 is 1.86 bits per heavy atom. The largest absolute Gasteiger partial charge is 0.481 e. The second kappa shape index (κ2) is 14.6. The van der Waals surface area contributed by atoms with Gasteiger partial charge in [-0.25, -0.2) is 4.21 Å². The standard InChI is InChI=1S/C31H39Cl2F3N2O5S/c1-8-22(32)13-12-20(6)27-24(21-10-9-11-23(33)14-21)15-30(7,16-26(39)40)29(42)38(27)25(18(2)3)17-44(43,19(4)5)37-28(41)31(34,35)36/h8-14,18-19,24-25,27H,6,15-17H2,1-5,7H3,(H,39,40)/b13-12-,22-8+/t24-,25-,27-,30-,44?/m1/s1. The minimum absolute atomic E-state index is 0.0746. The van der Waals surface area contributed by atoms with E-state index in [4.69, 9.17) is 23.2 Å². The predicted octanol–water partition coefficient (Wildman–Crippen LogP) is 7.75. The molecule has 1 unspecified atom stereocenters. The van der Waals surface area contributed by atoms with Gasteiger partial charge >= 0.3 is 18.1 Å². The van der Waals surface area contributed by atoms with E-state index in [2.05, 4.69) is 10.9 Å². The normalized spacial score (nSPS) is 23.6. The van der Waals surface area contributed by atoms with Crippen LogP contribution in [0.3, 0.4) is 0 Å². The summed E-state index contributed by atoms with van der Waals surface area (Å²) in [6.07, 6.45) is -0.977. The van der Waals surface area contributed by atoms with Crippen LogP contribution in [0.5, 0.6) is 0 Å². The molecule has 2 amide bonds. The van der Waals surface area contributed by atoms with Crippen LogP contribution in [-0.2, 0) is 24.1 Å². The summed E-state index contributed by atoms with van der Waals surface area (Å²) in [6, 6.07) is 4.95. The van der Waals surface area contributed by atoms with Gasteiger partial charge in [-0.05, 0) is 48.6 Å². The number of benzene rings is 1. The van der Waals surface area contributed by atoms with Crippen LogP contribution in [0.25, 0.3) is 0 Å². The summed E-state index contributed by atoms with van der Waals surface area (Å²) in [5, 5.41) is 9.61. The quantitative estimate of drug-likeness (QED) is 0.241. The van der Waals surface area contributed by atoms with Gasteiger partial charge in [-0.1, -0.05) is 88.7 Å². The minimum atomic E-state index is -5.34. The number of rotatable bonds is 11. The molecule has 1 N–H and O–H groups in total. The van der Waals surface area contributed by atoms with E-state index >= 15 is 0 Å². The summed E-state index contributed by atoms with van der Waals surface area (Å²) in [4.78, 5) is 39.9. The highest BCUT2D eigenvalue weighted by atomic mass is 35.5. The molecule has 44 heavy (non-hydrogen) atoms. The summed E-state index contributed by atoms with van der Waals surface area (Å²) in [6.45, 7) is 13.7. The van der Waals surface area contributed by atoms with Crippen molar-refractivity contribution in [2.24, 2.45) is 15.7 Å². The third kappa shape index (κ3) is 8.97. The first-order valence-corrected chi connectivity index (χ1v) is 16.5. The smallest absolute Gasteiger partial charge is 0.474 e. The first kappa shape index (κ1) is 37.6. The summed E-state index contributed by atoms with van der Waals surface area (Å²) in [5.74, 6) is -5.95. The number of nitrogens with zero attached hydrogens (tertiary/aromatic N) is 2. The first-order chi connectivity index (χ1) is 20.2. The van der Waals surface area contributed by atoms with E-state index in [9.17, 15) is 36.9 Å². The topological polar surface area (TPSA) is 104 Å². The number of allylic oxidation sites excluding steroid dienone is 3. The van der Waals surface area contributed by atoms with Gasteiger partial charge in [0.1, 0.15) is 0 Å². The average molecular weight is 680 g/mol. The number of carbonyl (C=O) groups is 3. The maximum atomic E-state index is 14.5. The van der Waals surface area contributed by atoms with Crippen LogP contribution in [0.2, 0.25) is 5.02 Å². The highest BCUT2D eigenvalue weighted by Crippen LogP contribution is 2.48. The predicted molar refractivity (Wildman–Crippen MR) is 168 cm³/mol. The summed E-state index contributed by atoms with van der Waals surface area (Å²) >= 11 is 12.5. The molecule has 2 rings (SSSR count). The molecule has 7 nitrogen and oxygen atoms in total. The Labute approximate surface area is 267 Å². The lowest BCUT2D eigenvalue weighted by molar-refractivity contribution is -0.169. The number of amides is 2. The Bertz CT molecular complexity index is 1460. The van der Waals surface area contributed by atoms with E-state index in [1.54, 1.807) is 63.3 Å². The van der Waals surface area contributed by atoms with Gasteiger partial charge in [0.25, 0.3) is 0 Å². The van der Waals surface area contributed by atoms with Crippen molar-refractivity contribution in [2.75, 3.05) is 5.75 Å². The minimum Gasteiger partial charge on any atom is -0.481 e. The Hall–Kier alpha value is -2.63. The second-order valence-corrected chi connectivity index (χ2v) is 15.6. The second-order valence-electron chi connectivity index (χ2n) is 11.8. The van der Waals surface area contributed by atoms with Crippen molar-refractivity contribution in [3.05, 3.63) is 70.3 Å². The highest BCUT2D eigenvalue weighted by Gasteiger charge is 2.53. The monoisotopic (exact) mass is 678 g/mol. The molecule has 0 radical (unpaired) electrons. The third-order valence-electron chi connectivity index (χ3n) is 7.79. The van der Waals surface area contributed by atoms with Crippen molar-refractivity contribution < 1.29 is 36.9 Å². The number of aliphatic carboxylic acids is 1. The summed E-state index contributed by atoms with van der Waals surface area (Å²) in [7, 11) is -3.89. The van der Waals surface area contributed by atoms with Crippen molar-refractivity contribution in [3.8, 4) is 0 Å². The molecule has 1 aromatic rings. The van der Waals surface area contributed by atoms with Gasteiger partial charge in [0.15, 0.2) is 0 Å². The zero-order valence-corrected chi connectivity index (χ0v) is 27.9. The zero-order valence-electron chi connectivity index (χ0n) is 25.5. The number of likely N-dealkylation sites (tertiary alicyclic amines) is 1. The number of alkyl halides is 3. The van der Waals surface area contributed by atoms with Crippen molar-refractivity contribution in [1.29, 1.82) is 0 Å². The van der Waals surface area contributed by atoms with E-state index in [1.165, 1.54) is 25.7 Å². The van der Waals surface area contributed by atoms with Gasteiger partial charge in [-0.15, -0.1) is 0 Å². The molecular formula is C31H39Cl2F3N2O5S. The molecule has 1 fully saturated rings. The fraction of sp³-hybridized carbons (Fsp3) is 0.516. The molecule has 1 heterocycles. The molecule has 0 spiro atoms. The van der Waals surface area contributed by atoms with Crippen LogP contribution in [0.4, 0.5) is 13.2 Å². The fourth-order valence-corrected chi connectivity index (χ4v) is 7.73. The zero-order chi connectivity index (χ0) is 33.8. The van der Waals surface area contributed by atoms with E-state index in [0.29, 0.717) is 21.2 Å². The van der Waals surface area contributed by atoms with Crippen molar-refractivity contribution in [2.45, 2.75) is 83.8 Å². The third-order valence-corrected chi connectivity index (χ3v) is 11.1. The molecule has 1 aromatic carbocycles. The molecule has 0 saturated carbocycles. The lowest BCUT2D eigenvalue weighted by atomic mass is 9.66. The van der Waals surface area contributed by atoms with Gasteiger partial charge in [-0.2, -0.15) is 17.5 Å². The number of piperidine rings is 1. The van der Waals surface area contributed by atoms with E-state index < -0.39 is 80.4 Å². The van der Waals surface area contributed by atoms with E-state index in [1.807, 2.05) is 0 Å². The Morgan fingerprint density at radius 1 is 1.25 bits per heavy atom. The van der Waals surface area contributed by atoms with Gasteiger partial charge in [0.2, 0.25) is 5.91 Å². The first-order valence-electron chi connectivity index (χ1n) is 14.0. The molecule has 5 atom stereocenters. The fourth-order valence-electron chi connectivity index (χ4n) is 5.38. The number of carboxylic acids is 1. The maximum Gasteiger partial charge on any atom is 0.474 e. The molecule has 0 bridgehead atoms. The molecule has 244 valence electrons. The van der Waals surface area contributed by atoms with Crippen LogP contribution in [0, 0.1) is 11.3 Å². The van der Waals surface area contributed by atoms with E-state index in [0.717, 1.165) is 0 Å². The Morgan fingerprint density at radius 3 is 2.34 bits per heavy atom. The number of hydrogen-bond acceptors (Lipinski definition) is 4. The van der Waals surface area contributed by atoms with Crippen LogP contribution < -0.4 is 0 Å². The van der Waals surface area contributed by atoms with Crippen molar-refractivity contribution >= 4 is 50.7 Å². The number of carbonyl (C=O) groups excluding carboxylic acids is 2. The lowest BCUT2D eigenvalue weighted by Gasteiger charge is -2.53. The summed E-state index contributed by atoms with van der Waals surface area (Å²) in [5.41, 5.74) is -0.400. The molecule has 1 aliphatic heterocycles. The Kier molecular flexibility index (Phi) is 12.5. The number of halogens is 5. The molecular weight excluding hydrogens is 640 g/mol. The van der Waals surface area contributed by atoms with Crippen molar-refractivity contribution in [1.82, 2.24) is 4.90 Å². The average Bonchev–Trinajstić information content (AvgIpc) is 2.90. The lowest BCUT2D eigenvalue weighted by Crippen LogP contribution is -2.62. The molecule has 1 aliphatic rings. The maximum absolute atomic E-state index is 14.5. The van der Waals surface area contributed by atoms with Crippen LogP contribution >= 0.6 is 23.2 Å². The SMILES string of the molecule is C=C(/C=C\C(Cl)=C/C)[C@@H]1[C@@H](c2cccc(Cl)c2)C[C@](C)(CC(=O)O)C(=O)N1[C@H](CS(=O)(=NC(=O)C(F)(F)F)C(C)C)C(C)C. The van der Waals surface area contributed by atoms with Gasteiger partial charge in [0.05, 0.1) is 33.4 Å². The van der Waals surface area contributed by atoms with Crippen LogP contribution in [0.1, 0.15) is 65.9 Å². The molecule has 13 heteroatoms. The summed E-state index contributed by atoms with van der Waals surface area (Å²) < 4.78 is 57.1. The van der Waals surface area contributed by atoms with Gasteiger partial charge < -0.3 is 10.0 Å². The highest BCUT2D eigenvalue weighted by molar-refractivity contribution is 7.94. The molecule has 0 aliphatic carbocycles. The Balaban J connectivity index is 2.95. The van der Waals surface area contributed by atoms with Crippen LogP contribution in [0.15, 0.2) is 64.0 Å². The van der Waals surface area contributed by atoms with Crippen molar-refractivity contribution in [3.63, 3.8) is 0 Å². The number of hydrogen-bond donors (Lipinski definition) is 1. The number of carboxylic acid groups (broad SMARTS) is 1. The van der Waals surface area contributed by atoms with Gasteiger partial charge in [-0.3, -0.25) is 14.4 Å². The van der Waals surface area contributed by atoms with Crippen LogP contribution in [-0.4, -0.2) is 61.3 Å². The van der Waals surface area contributed by atoms with E-state index in [-0.39, 0.29) is 6.42 Å². The molecule has 1 saturated heterocycles.